The highest BCUT2D eigenvalue weighted by Gasteiger charge is 2.23. The molecule has 0 spiro atoms. The maximum Gasteiger partial charge on any atom is 0.308 e. The normalized spacial score (nSPS) is 11.1. The number of carbonyl (C=O) groups is 1. The SMILES string of the molecule is CC(=O)Oc1ccc([N+](=O)[O-])cc1C(C)(C)C. The van der Waals surface area contributed by atoms with Gasteiger partial charge in [-0.05, 0) is 11.5 Å². The van der Waals surface area contributed by atoms with Crippen molar-refractivity contribution in [3.63, 3.8) is 0 Å². The zero-order chi connectivity index (χ0) is 13.2. The predicted octanol–water partition coefficient (Wildman–Crippen LogP) is 2.82. The molecular formula is C12H15NO4. The standard InChI is InChI=1S/C12H15NO4/c1-8(14)17-11-6-5-9(13(15)16)7-10(11)12(2,3)4/h5-7H,1-4H3. The van der Waals surface area contributed by atoms with Gasteiger partial charge in [-0.25, -0.2) is 0 Å². The number of nitro benzene ring substituents is 1. The third-order valence-corrected chi connectivity index (χ3v) is 2.24. The summed E-state index contributed by atoms with van der Waals surface area (Å²) >= 11 is 0. The van der Waals surface area contributed by atoms with Crippen LogP contribution in [0.4, 0.5) is 5.69 Å². The minimum Gasteiger partial charge on any atom is -0.426 e. The second-order valence-corrected chi connectivity index (χ2v) is 4.78. The van der Waals surface area contributed by atoms with Gasteiger partial charge in [-0.2, -0.15) is 0 Å². The highest BCUT2D eigenvalue weighted by atomic mass is 16.6. The molecule has 0 aliphatic carbocycles. The van der Waals surface area contributed by atoms with E-state index < -0.39 is 10.9 Å². The molecule has 0 radical (unpaired) electrons. The lowest BCUT2D eigenvalue weighted by atomic mass is 9.86. The van der Waals surface area contributed by atoms with Crippen molar-refractivity contribution < 1.29 is 14.5 Å². The topological polar surface area (TPSA) is 69.4 Å². The van der Waals surface area contributed by atoms with Crippen molar-refractivity contribution in [2.24, 2.45) is 0 Å². The first-order valence-electron chi connectivity index (χ1n) is 5.19. The van der Waals surface area contributed by atoms with Gasteiger partial charge in [0.1, 0.15) is 5.75 Å². The molecule has 0 bridgehead atoms. The lowest BCUT2D eigenvalue weighted by Crippen LogP contribution is -2.15. The molecule has 0 N–H and O–H groups in total. The van der Waals surface area contributed by atoms with Crippen LogP contribution in [-0.2, 0) is 10.2 Å². The Morgan fingerprint density at radius 2 is 1.94 bits per heavy atom. The van der Waals surface area contributed by atoms with Crippen LogP contribution in [-0.4, -0.2) is 10.9 Å². The average molecular weight is 237 g/mol. The molecule has 5 heteroatoms. The van der Waals surface area contributed by atoms with Crippen LogP contribution >= 0.6 is 0 Å². The van der Waals surface area contributed by atoms with Crippen LogP contribution in [0.3, 0.4) is 0 Å². The van der Waals surface area contributed by atoms with E-state index in [0.717, 1.165) is 0 Å². The molecule has 0 unspecified atom stereocenters. The Balaban J connectivity index is 3.31. The summed E-state index contributed by atoms with van der Waals surface area (Å²) < 4.78 is 5.05. The summed E-state index contributed by atoms with van der Waals surface area (Å²) in [5.74, 6) is -0.0695. The van der Waals surface area contributed by atoms with Crippen LogP contribution in [0.1, 0.15) is 33.3 Å². The summed E-state index contributed by atoms with van der Waals surface area (Å²) in [7, 11) is 0. The second kappa shape index (κ2) is 4.53. The zero-order valence-corrected chi connectivity index (χ0v) is 10.3. The minimum absolute atomic E-state index is 0.00849. The molecule has 0 aliphatic rings. The van der Waals surface area contributed by atoms with Gasteiger partial charge in [0.25, 0.3) is 5.69 Å². The number of hydrogen-bond acceptors (Lipinski definition) is 4. The van der Waals surface area contributed by atoms with Crippen molar-refractivity contribution >= 4 is 11.7 Å². The monoisotopic (exact) mass is 237 g/mol. The average Bonchev–Trinajstić information content (AvgIpc) is 2.15. The Morgan fingerprint density at radius 3 is 2.35 bits per heavy atom. The van der Waals surface area contributed by atoms with Crippen LogP contribution in [0.5, 0.6) is 5.75 Å². The van der Waals surface area contributed by atoms with Crippen molar-refractivity contribution in [1.29, 1.82) is 0 Å². The molecular weight excluding hydrogens is 222 g/mol. The number of hydrogen-bond donors (Lipinski definition) is 0. The smallest absolute Gasteiger partial charge is 0.308 e. The van der Waals surface area contributed by atoms with Gasteiger partial charge in [-0.15, -0.1) is 0 Å². The number of ether oxygens (including phenoxy) is 1. The molecule has 1 aromatic carbocycles. The summed E-state index contributed by atoms with van der Waals surface area (Å²) in [5.41, 5.74) is 0.296. The molecule has 17 heavy (non-hydrogen) atoms. The van der Waals surface area contributed by atoms with Gasteiger partial charge in [0.05, 0.1) is 4.92 Å². The Bertz CT molecular complexity index is 460. The van der Waals surface area contributed by atoms with E-state index in [1.54, 1.807) is 0 Å². The van der Waals surface area contributed by atoms with Gasteiger partial charge in [-0.1, -0.05) is 20.8 Å². The summed E-state index contributed by atoms with van der Waals surface area (Å²) in [6, 6.07) is 4.23. The second-order valence-electron chi connectivity index (χ2n) is 4.78. The molecule has 5 nitrogen and oxygen atoms in total. The van der Waals surface area contributed by atoms with Gasteiger partial charge < -0.3 is 4.74 Å². The van der Waals surface area contributed by atoms with E-state index in [-0.39, 0.29) is 11.1 Å². The molecule has 0 saturated heterocycles. The molecule has 0 aliphatic heterocycles. The van der Waals surface area contributed by atoms with Crippen LogP contribution in [0, 0.1) is 10.1 Å². The molecule has 0 saturated carbocycles. The fraction of sp³-hybridized carbons (Fsp3) is 0.417. The van der Waals surface area contributed by atoms with E-state index in [0.29, 0.717) is 11.3 Å². The summed E-state index contributed by atoms with van der Waals surface area (Å²) in [6.07, 6.45) is 0. The quantitative estimate of drug-likeness (QED) is 0.343. The summed E-state index contributed by atoms with van der Waals surface area (Å²) in [6.45, 7) is 7.00. The number of nitrogens with zero attached hydrogens (tertiary/aromatic N) is 1. The highest BCUT2D eigenvalue weighted by molar-refractivity contribution is 5.70. The van der Waals surface area contributed by atoms with E-state index in [2.05, 4.69) is 0 Å². The van der Waals surface area contributed by atoms with Crippen LogP contribution in [0.15, 0.2) is 18.2 Å². The molecule has 0 atom stereocenters. The lowest BCUT2D eigenvalue weighted by molar-refractivity contribution is -0.385. The van der Waals surface area contributed by atoms with Crippen LogP contribution in [0.2, 0.25) is 0 Å². The zero-order valence-electron chi connectivity index (χ0n) is 10.3. The van der Waals surface area contributed by atoms with Crippen molar-refractivity contribution in [3.8, 4) is 5.75 Å². The van der Waals surface area contributed by atoms with E-state index in [4.69, 9.17) is 4.74 Å². The Morgan fingerprint density at radius 1 is 1.35 bits per heavy atom. The van der Waals surface area contributed by atoms with E-state index in [1.165, 1.54) is 25.1 Å². The third kappa shape index (κ3) is 3.27. The molecule has 92 valence electrons. The summed E-state index contributed by atoms with van der Waals surface area (Å²) in [5, 5.41) is 10.7. The van der Waals surface area contributed by atoms with Gasteiger partial charge >= 0.3 is 5.97 Å². The van der Waals surface area contributed by atoms with Crippen LogP contribution in [0.25, 0.3) is 0 Å². The van der Waals surface area contributed by atoms with E-state index in [1.807, 2.05) is 20.8 Å². The summed E-state index contributed by atoms with van der Waals surface area (Å²) in [4.78, 5) is 21.2. The maximum atomic E-state index is 11.0. The third-order valence-electron chi connectivity index (χ3n) is 2.24. The van der Waals surface area contributed by atoms with E-state index in [9.17, 15) is 14.9 Å². The first-order valence-corrected chi connectivity index (χ1v) is 5.19. The molecule has 0 amide bonds. The van der Waals surface area contributed by atoms with E-state index >= 15 is 0 Å². The van der Waals surface area contributed by atoms with Gasteiger partial charge in [0.2, 0.25) is 0 Å². The van der Waals surface area contributed by atoms with Gasteiger partial charge in [0, 0.05) is 24.6 Å². The number of esters is 1. The number of benzene rings is 1. The van der Waals surface area contributed by atoms with Crippen molar-refractivity contribution in [3.05, 3.63) is 33.9 Å². The highest BCUT2D eigenvalue weighted by Crippen LogP contribution is 2.34. The predicted molar refractivity (Wildman–Crippen MR) is 63.1 cm³/mol. The first kappa shape index (κ1) is 13.2. The number of carbonyl (C=O) groups excluding carboxylic acids is 1. The van der Waals surface area contributed by atoms with Gasteiger partial charge in [0.15, 0.2) is 0 Å². The van der Waals surface area contributed by atoms with Gasteiger partial charge in [-0.3, -0.25) is 14.9 Å². The number of nitro groups is 1. The minimum atomic E-state index is -0.465. The van der Waals surface area contributed by atoms with Crippen molar-refractivity contribution in [2.75, 3.05) is 0 Å². The molecule has 1 rings (SSSR count). The first-order chi connectivity index (χ1) is 7.71. The molecule has 0 fully saturated rings. The number of non-ortho nitro benzene ring substituents is 1. The number of rotatable bonds is 2. The van der Waals surface area contributed by atoms with Crippen LogP contribution < -0.4 is 4.74 Å². The fourth-order valence-electron chi connectivity index (χ4n) is 1.46. The molecule has 0 heterocycles. The largest absolute Gasteiger partial charge is 0.426 e. The lowest BCUT2D eigenvalue weighted by Gasteiger charge is -2.21. The molecule has 0 aromatic heterocycles. The fourth-order valence-corrected chi connectivity index (χ4v) is 1.46. The Labute approximate surface area is 99.5 Å². The Hall–Kier alpha value is -1.91. The molecule has 1 aromatic rings. The maximum absolute atomic E-state index is 11.0. The van der Waals surface area contributed by atoms with Crippen molar-refractivity contribution in [1.82, 2.24) is 0 Å². The van der Waals surface area contributed by atoms with Crippen molar-refractivity contribution in [2.45, 2.75) is 33.1 Å². The Kier molecular flexibility index (Phi) is 3.50.